The minimum absolute atomic E-state index is 0.00704. The van der Waals surface area contributed by atoms with Gasteiger partial charge in [0.05, 0.1) is 6.04 Å². The van der Waals surface area contributed by atoms with Crippen molar-refractivity contribution in [2.24, 2.45) is 0 Å². The van der Waals surface area contributed by atoms with Crippen LogP contribution in [0.3, 0.4) is 0 Å². The number of nitrogens with zero attached hydrogens (tertiary/aromatic N) is 2. The van der Waals surface area contributed by atoms with Gasteiger partial charge in [0.2, 0.25) is 5.89 Å². The molecule has 1 aliphatic rings. The number of urea groups is 1. The Balaban J connectivity index is 1.59. The van der Waals surface area contributed by atoms with Crippen LogP contribution in [0.2, 0.25) is 0 Å². The van der Waals surface area contributed by atoms with Crippen LogP contribution in [-0.4, -0.2) is 22.8 Å². The van der Waals surface area contributed by atoms with Crippen molar-refractivity contribution in [3.63, 3.8) is 0 Å². The van der Waals surface area contributed by atoms with Gasteiger partial charge in [-0.1, -0.05) is 11.2 Å². The first-order valence-corrected chi connectivity index (χ1v) is 6.61. The molecule has 8 heteroatoms. The first-order chi connectivity index (χ1) is 10.2. The molecule has 110 valence electrons. The maximum Gasteiger partial charge on any atom is 0.327 e. The predicted octanol–water partition coefficient (Wildman–Crippen LogP) is 2.28. The zero-order valence-electron chi connectivity index (χ0n) is 11.1. The average Bonchev–Trinajstić information content (AvgIpc) is 3.08. The van der Waals surface area contributed by atoms with E-state index in [-0.39, 0.29) is 12.1 Å². The molecule has 1 aromatic heterocycles. The van der Waals surface area contributed by atoms with Gasteiger partial charge in [-0.05, 0) is 37.6 Å². The summed E-state index contributed by atoms with van der Waals surface area (Å²) in [6.07, 6.45) is 1.98. The fourth-order valence-corrected chi connectivity index (χ4v) is 2.15. The quantitative estimate of drug-likeness (QED) is 0.807. The molecule has 0 bridgehead atoms. The Morgan fingerprint density at radius 2 is 2.29 bits per heavy atom. The second-order valence-corrected chi connectivity index (χ2v) is 4.68. The summed E-state index contributed by atoms with van der Waals surface area (Å²) >= 11 is 0. The number of amides is 2. The van der Waals surface area contributed by atoms with Crippen molar-refractivity contribution in [1.29, 1.82) is 0 Å². The SMILES string of the molecule is O=C(Nc1cccc(F)c1)Nc1nnc(C2CCCN2)o1. The molecule has 21 heavy (non-hydrogen) atoms. The minimum atomic E-state index is -0.574. The van der Waals surface area contributed by atoms with Gasteiger partial charge >= 0.3 is 12.0 Å². The number of rotatable bonds is 3. The Morgan fingerprint density at radius 3 is 3.05 bits per heavy atom. The van der Waals surface area contributed by atoms with Crippen LogP contribution >= 0.6 is 0 Å². The van der Waals surface area contributed by atoms with E-state index in [1.807, 2.05) is 0 Å². The van der Waals surface area contributed by atoms with Crippen molar-refractivity contribution < 1.29 is 13.6 Å². The average molecular weight is 291 g/mol. The monoisotopic (exact) mass is 291 g/mol. The van der Waals surface area contributed by atoms with E-state index in [0.717, 1.165) is 19.4 Å². The van der Waals surface area contributed by atoms with Gasteiger partial charge in [0, 0.05) is 5.69 Å². The van der Waals surface area contributed by atoms with Gasteiger partial charge in [-0.25, -0.2) is 9.18 Å². The molecule has 3 rings (SSSR count). The van der Waals surface area contributed by atoms with E-state index >= 15 is 0 Å². The molecule has 0 aliphatic carbocycles. The molecule has 0 spiro atoms. The molecule has 1 unspecified atom stereocenters. The first kappa shape index (κ1) is 13.5. The lowest BCUT2D eigenvalue weighted by molar-refractivity contribution is 0.261. The molecule has 1 aromatic carbocycles. The number of halogens is 1. The molecule has 2 heterocycles. The molecular formula is C13H14FN5O2. The number of benzene rings is 1. The van der Waals surface area contributed by atoms with Crippen molar-refractivity contribution in [3.05, 3.63) is 36.0 Å². The van der Waals surface area contributed by atoms with Crippen LogP contribution < -0.4 is 16.0 Å². The molecular weight excluding hydrogens is 277 g/mol. The summed E-state index contributed by atoms with van der Waals surface area (Å²) in [5.74, 6) is 0.0220. The van der Waals surface area contributed by atoms with Gasteiger partial charge in [-0.3, -0.25) is 5.32 Å². The molecule has 3 N–H and O–H groups in total. The number of hydrogen-bond acceptors (Lipinski definition) is 5. The largest absolute Gasteiger partial charge is 0.406 e. The van der Waals surface area contributed by atoms with Gasteiger partial charge in [-0.2, -0.15) is 0 Å². The number of carbonyl (C=O) groups excluding carboxylic acids is 1. The lowest BCUT2D eigenvalue weighted by Crippen LogP contribution is -2.19. The van der Waals surface area contributed by atoms with E-state index < -0.39 is 11.8 Å². The highest BCUT2D eigenvalue weighted by atomic mass is 19.1. The third-order valence-corrected chi connectivity index (χ3v) is 3.10. The summed E-state index contributed by atoms with van der Waals surface area (Å²) in [4.78, 5) is 11.7. The van der Waals surface area contributed by atoms with Crippen molar-refractivity contribution in [2.75, 3.05) is 17.2 Å². The van der Waals surface area contributed by atoms with E-state index in [0.29, 0.717) is 11.6 Å². The summed E-state index contributed by atoms with van der Waals surface area (Å²) < 4.78 is 18.4. The molecule has 1 aliphatic heterocycles. The van der Waals surface area contributed by atoms with Gasteiger partial charge in [0.15, 0.2) is 0 Å². The second kappa shape index (κ2) is 5.88. The molecule has 2 aromatic rings. The molecule has 0 saturated carbocycles. The predicted molar refractivity (Wildman–Crippen MR) is 73.3 cm³/mol. The fourth-order valence-electron chi connectivity index (χ4n) is 2.15. The molecule has 1 saturated heterocycles. The molecule has 1 fully saturated rings. The van der Waals surface area contributed by atoms with Crippen LogP contribution in [-0.2, 0) is 0 Å². The summed E-state index contributed by atoms with van der Waals surface area (Å²) in [6.45, 7) is 0.913. The van der Waals surface area contributed by atoms with Gasteiger partial charge in [-0.15, -0.1) is 5.10 Å². The van der Waals surface area contributed by atoms with Crippen molar-refractivity contribution >= 4 is 17.7 Å². The Bertz CT molecular complexity index is 639. The van der Waals surface area contributed by atoms with Crippen LogP contribution in [0.4, 0.5) is 20.9 Å². The third kappa shape index (κ3) is 3.34. The van der Waals surface area contributed by atoms with E-state index in [2.05, 4.69) is 26.1 Å². The highest BCUT2D eigenvalue weighted by Gasteiger charge is 2.22. The minimum Gasteiger partial charge on any atom is -0.406 e. The highest BCUT2D eigenvalue weighted by molar-refractivity contribution is 5.98. The highest BCUT2D eigenvalue weighted by Crippen LogP contribution is 2.22. The number of anilines is 2. The Kier molecular flexibility index (Phi) is 3.78. The topological polar surface area (TPSA) is 92.1 Å². The lowest BCUT2D eigenvalue weighted by atomic mass is 10.2. The van der Waals surface area contributed by atoms with Crippen molar-refractivity contribution in [1.82, 2.24) is 15.5 Å². The molecule has 2 amide bonds. The van der Waals surface area contributed by atoms with Crippen LogP contribution in [0.15, 0.2) is 28.7 Å². The summed E-state index contributed by atoms with van der Waals surface area (Å²) in [5, 5.41) is 15.8. The fraction of sp³-hybridized carbons (Fsp3) is 0.308. The Hall–Kier alpha value is -2.48. The van der Waals surface area contributed by atoms with Crippen LogP contribution in [0, 0.1) is 5.82 Å². The maximum atomic E-state index is 13.0. The molecule has 1 atom stereocenters. The standard InChI is InChI=1S/C13H14FN5O2/c14-8-3-1-4-9(7-8)16-12(20)17-13-19-18-11(21-13)10-5-2-6-15-10/h1,3-4,7,10,15H,2,5-6H2,(H2,16,17,19,20). The zero-order valence-corrected chi connectivity index (χ0v) is 11.1. The smallest absolute Gasteiger partial charge is 0.327 e. The van der Waals surface area contributed by atoms with E-state index in [1.54, 1.807) is 6.07 Å². The maximum absolute atomic E-state index is 13.0. The number of nitrogens with one attached hydrogen (secondary N) is 3. The van der Waals surface area contributed by atoms with Crippen molar-refractivity contribution in [2.45, 2.75) is 18.9 Å². The summed E-state index contributed by atoms with van der Waals surface area (Å²) in [6, 6.07) is 5.05. The second-order valence-electron chi connectivity index (χ2n) is 4.68. The van der Waals surface area contributed by atoms with E-state index in [9.17, 15) is 9.18 Å². The third-order valence-electron chi connectivity index (χ3n) is 3.10. The first-order valence-electron chi connectivity index (χ1n) is 6.61. The normalized spacial score (nSPS) is 17.7. The van der Waals surface area contributed by atoms with Gasteiger partial charge in [0.1, 0.15) is 5.82 Å². The van der Waals surface area contributed by atoms with Gasteiger partial charge in [0.25, 0.3) is 0 Å². The van der Waals surface area contributed by atoms with E-state index in [1.165, 1.54) is 18.2 Å². The van der Waals surface area contributed by atoms with Gasteiger partial charge < -0.3 is 15.1 Å². The molecule has 7 nitrogen and oxygen atoms in total. The van der Waals surface area contributed by atoms with Crippen molar-refractivity contribution in [3.8, 4) is 0 Å². The summed E-state index contributed by atoms with van der Waals surface area (Å²) in [7, 11) is 0. The molecule has 0 radical (unpaired) electrons. The number of hydrogen-bond donors (Lipinski definition) is 3. The van der Waals surface area contributed by atoms with Crippen LogP contribution in [0.1, 0.15) is 24.8 Å². The zero-order chi connectivity index (χ0) is 14.7. The Labute approximate surface area is 119 Å². The Morgan fingerprint density at radius 1 is 1.38 bits per heavy atom. The number of carbonyl (C=O) groups is 1. The van der Waals surface area contributed by atoms with E-state index in [4.69, 9.17) is 4.42 Å². The lowest BCUT2D eigenvalue weighted by Gasteiger charge is -2.05. The number of aromatic nitrogens is 2. The van der Waals surface area contributed by atoms with Crippen LogP contribution in [0.25, 0.3) is 0 Å². The van der Waals surface area contributed by atoms with Crippen LogP contribution in [0.5, 0.6) is 0 Å². The summed E-state index contributed by atoms with van der Waals surface area (Å²) in [5.41, 5.74) is 0.338.